The van der Waals surface area contributed by atoms with E-state index < -0.39 is 6.10 Å². The maximum atomic E-state index is 12.0. The summed E-state index contributed by atoms with van der Waals surface area (Å²) in [4.78, 5) is 14.3. The fourth-order valence-electron chi connectivity index (χ4n) is 5.83. The fraction of sp³-hybridized carbons (Fsp3) is 0.719. The van der Waals surface area contributed by atoms with Crippen molar-refractivity contribution in [3.05, 3.63) is 47.5 Å². The largest absolute Gasteiger partial charge is 0.464 e. The number of aliphatic hydroxyl groups is 2. The number of ether oxygens (including phenoxy) is 2. The van der Waals surface area contributed by atoms with Gasteiger partial charge in [-0.1, -0.05) is 70.0 Å². The van der Waals surface area contributed by atoms with Gasteiger partial charge in [-0.3, -0.25) is 9.69 Å². The van der Waals surface area contributed by atoms with E-state index in [2.05, 4.69) is 62.1 Å². The maximum absolute atomic E-state index is 12.0. The molecule has 2 fully saturated rings. The highest BCUT2D eigenvalue weighted by Gasteiger charge is 2.42. The minimum absolute atomic E-state index is 0.0132. The zero-order valence-electron chi connectivity index (χ0n) is 24.2. The van der Waals surface area contributed by atoms with Crippen molar-refractivity contribution in [2.24, 2.45) is 5.92 Å². The van der Waals surface area contributed by atoms with Gasteiger partial charge in [0.15, 0.2) is 0 Å². The summed E-state index contributed by atoms with van der Waals surface area (Å²) in [5.74, 6) is -0.00110. The monoisotopic (exact) mass is 563 g/mol. The summed E-state index contributed by atoms with van der Waals surface area (Å²) < 4.78 is 10.7. The van der Waals surface area contributed by atoms with Crippen molar-refractivity contribution >= 4 is 17.6 Å². The Hall–Kier alpha value is -1.44. The summed E-state index contributed by atoms with van der Waals surface area (Å²) in [5.41, 5.74) is 1.89. The first-order chi connectivity index (χ1) is 18.7. The minimum Gasteiger partial charge on any atom is -0.464 e. The van der Waals surface area contributed by atoms with Gasteiger partial charge < -0.3 is 19.7 Å². The molecule has 220 valence electrons. The second-order valence-corrected chi connectivity index (χ2v) is 12.3. The van der Waals surface area contributed by atoms with Crippen LogP contribution in [0.3, 0.4) is 0 Å². The van der Waals surface area contributed by atoms with Crippen molar-refractivity contribution in [2.45, 2.75) is 101 Å². The van der Waals surface area contributed by atoms with Crippen molar-refractivity contribution in [3.63, 3.8) is 0 Å². The van der Waals surface area contributed by atoms with E-state index in [-0.39, 0.29) is 34.7 Å². The molecule has 3 rings (SSSR count). The van der Waals surface area contributed by atoms with Crippen LogP contribution in [-0.4, -0.2) is 78.1 Å². The van der Waals surface area contributed by atoms with E-state index in [9.17, 15) is 15.0 Å². The Labute approximate surface area is 240 Å². The van der Waals surface area contributed by atoms with Crippen LogP contribution in [0.2, 0.25) is 0 Å². The Morgan fingerprint density at radius 3 is 2.62 bits per heavy atom. The molecule has 39 heavy (non-hydrogen) atoms. The molecule has 1 aliphatic heterocycles. The second-order valence-electron chi connectivity index (χ2n) is 11.8. The zero-order chi connectivity index (χ0) is 28.3. The number of halogens is 1. The first kappa shape index (κ1) is 32.1. The topological polar surface area (TPSA) is 79.2 Å². The average Bonchev–Trinajstić information content (AvgIpc) is 3.22. The molecule has 0 bridgehead atoms. The molecule has 1 aromatic carbocycles. The molecule has 1 aromatic rings. The van der Waals surface area contributed by atoms with Crippen LogP contribution in [0.5, 0.6) is 0 Å². The predicted molar refractivity (Wildman–Crippen MR) is 157 cm³/mol. The summed E-state index contributed by atoms with van der Waals surface area (Å²) in [7, 11) is 0. The van der Waals surface area contributed by atoms with Gasteiger partial charge in [-0.25, -0.2) is 0 Å². The van der Waals surface area contributed by atoms with E-state index in [1.54, 1.807) is 0 Å². The van der Waals surface area contributed by atoms with Crippen LogP contribution in [0, 0.1) is 5.92 Å². The quantitative estimate of drug-likeness (QED) is 0.125. The van der Waals surface area contributed by atoms with Gasteiger partial charge in [0.2, 0.25) is 0 Å². The SMILES string of the molecule is CCCCC(O)C(C)(C)c1ccc([C@@H]2[C@@H](C/C=C\CCCC(=O)OCCN3CCOCC3)[C@H](Cl)C[C@H]2O)cc1. The molecule has 0 aromatic heterocycles. The van der Waals surface area contributed by atoms with Crippen LogP contribution in [0.15, 0.2) is 36.4 Å². The number of morpholine rings is 1. The third-order valence-corrected chi connectivity index (χ3v) is 9.11. The van der Waals surface area contributed by atoms with Gasteiger partial charge in [0.1, 0.15) is 6.61 Å². The molecule has 2 N–H and O–H groups in total. The van der Waals surface area contributed by atoms with Crippen molar-refractivity contribution in [1.82, 2.24) is 4.90 Å². The highest BCUT2D eigenvalue weighted by Crippen LogP contribution is 2.45. The van der Waals surface area contributed by atoms with Crippen LogP contribution < -0.4 is 0 Å². The van der Waals surface area contributed by atoms with Gasteiger partial charge in [0.05, 0.1) is 25.4 Å². The molecule has 0 amide bonds. The normalized spacial score (nSPS) is 25.3. The minimum atomic E-state index is -0.466. The lowest BCUT2D eigenvalue weighted by Gasteiger charge is -2.32. The molecule has 1 unspecified atom stereocenters. The number of nitrogens with zero attached hydrogens (tertiary/aromatic N) is 1. The Balaban J connectivity index is 1.44. The Kier molecular flexibility index (Phi) is 13.3. The number of allylic oxidation sites excluding steroid dienone is 2. The van der Waals surface area contributed by atoms with E-state index in [0.717, 1.165) is 82.5 Å². The molecule has 1 saturated carbocycles. The Bertz CT molecular complexity index is 883. The first-order valence-corrected chi connectivity index (χ1v) is 15.4. The molecule has 7 heteroatoms. The van der Waals surface area contributed by atoms with Gasteiger partial charge in [-0.15, -0.1) is 11.6 Å². The molecular formula is C32H50ClNO5. The molecule has 6 nitrogen and oxygen atoms in total. The van der Waals surface area contributed by atoms with Gasteiger partial charge in [-0.2, -0.15) is 0 Å². The number of carbonyl (C=O) groups is 1. The first-order valence-electron chi connectivity index (χ1n) is 14.9. The lowest BCUT2D eigenvalue weighted by Crippen LogP contribution is -2.38. The highest BCUT2D eigenvalue weighted by molar-refractivity contribution is 6.21. The van der Waals surface area contributed by atoms with Crippen molar-refractivity contribution in [3.8, 4) is 0 Å². The number of esters is 1. The molecule has 2 aliphatic rings. The molecular weight excluding hydrogens is 514 g/mol. The van der Waals surface area contributed by atoms with Gasteiger partial charge in [-0.05, 0) is 49.1 Å². The Morgan fingerprint density at radius 1 is 1.21 bits per heavy atom. The fourth-order valence-corrected chi connectivity index (χ4v) is 6.27. The molecule has 1 heterocycles. The molecule has 0 spiro atoms. The number of aliphatic hydroxyl groups excluding tert-OH is 2. The number of rotatable bonds is 15. The zero-order valence-corrected chi connectivity index (χ0v) is 25.0. The van der Waals surface area contributed by atoms with Crippen LogP contribution in [0.25, 0.3) is 0 Å². The average molecular weight is 564 g/mol. The smallest absolute Gasteiger partial charge is 0.305 e. The molecule has 1 aliphatic carbocycles. The van der Waals surface area contributed by atoms with Crippen molar-refractivity contribution in [2.75, 3.05) is 39.5 Å². The third-order valence-electron chi connectivity index (χ3n) is 8.61. The Morgan fingerprint density at radius 2 is 1.92 bits per heavy atom. The molecule has 1 saturated heterocycles. The van der Waals surface area contributed by atoms with E-state index in [1.165, 1.54) is 0 Å². The van der Waals surface area contributed by atoms with E-state index >= 15 is 0 Å². The number of carbonyl (C=O) groups excluding carboxylic acids is 1. The van der Waals surface area contributed by atoms with E-state index in [4.69, 9.17) is 21.1 Å². The molecule has 5 atom stereocenters. The lowest BCUT2D eigenvalue weighted by molar-refractivity contribution is -0.144. The third kappa shape index (κ3) is 9.57. The van der Waals surface area contributed by atoms with Gasteiger partial charge >= 0.3 is 5.97 Å². The van der Waals surface area contributed by atoms with Crippen LogP contribution in [0.4, 0.5) is 0 Å². The predicted octanol–water partition coefficient (Wildman–Crippen LogP) is 5.58. The summed E-state index contributed by atoms with van der Waals surface area (Å²) >= 11 is 6.70. The second kappa shape index (κ2) is 16.1. The van der Waals surface area contributed by atoms with Gasteiger partial charge in [0.25, 0.3) is 0 Å². The highest BCUT2D eigenvalue weighted by atomic mass is 35.5. The summed E-state index contributed by atoms with van der Waals surface area (Å²) in [5, 5.41) is 21.5. The number of benzene rings is 1. The maximum Gasteiger partial charge on any atom is 0.305 e. The lowest BCUT2D eigenvalue weighted by atomic mass is 9.76. The number of hydrogen-bond donors (Lipinski definition) is 2. The van der Waals surface area contributed by atoms with Crippen LogP contribution in [-0.2, 0) is 19.7 Å². The van der Waals surface area contributed by atoms with E-state index in [1.807, 2.05) is 0 Å². The number of hydrogen-bond acceptors (Lipinski definition) is 6. The molecule has 0 radical (unpaired) electrons. The van der Waals surface area contributed by atoms with Crippen molar-refractivity contribution < 1.29 is 24.5 Å². The number of alkyl halides is 1. The van der Waals surface area contributed by atoms with Crippen LogP contribution in [0.1, 0.15) is 89.2 Å². The van der Waals surface area contributed by atoms with Crippen molar-refractivity contribution in [1.29, 1.82) is 0 Å². The number of unbranched alkanes of at least 4 members (excludes halogenated alkanes) is 2. The van der Waals surface area contributed by atoms with Crippen LogP contribution >= 0.6 is 11.6 Å². The summed E-state index contributed by atoms with van der Waals surface area (Å²) in [6, 6.07) is 8.42. The van der Waals surface area contributed by atoms with E-state index in [0.29, 0.717) is 19.4 Å². The standard InChI is InChI=1S/C32H50ClNO5/c1-4-5-11-29(36)32(2,3)25-15-13-24(14-16-25)31-26(27(33)23-28(31)35)10-8-6-7-9-12-30(37)39-22-19-34-17-20-38-21-18-34/h6,8,13-16,26-29,31,35-36H,4-5,7,9-12,17-23H2,1-3H3/b8-6-/t26-,27+,28+,29?,31+/m0/s1. The summed E-state index contributed by atoms with van der Waals surface area (Å²) in [6.45, 7) is 10.8. The summed E-state index contributed by atoms with van der Waals surface area (Å²) in [6.07, 6.45) is 9.68. The van der Waals surface area contributed by atoms with Gasteiger partial charge in [0, 0.05) is 42.8 Å².